The predicted octanol–water partition coefficient (Wildman–Crippen LogP) is 11.4. The number of nitrogens with zero attached hydrogens (tertiary/aromatic N) is 2. The highest BCUT2D eigenvalue weighted by Crippen LogP contribution is 2.42. The lowest BCUT2D eigenvalue weighted by molar-refractivity contribution is 0.669. The van der Waals surface area contributed by atoms with Crippen LogP contribution >= 0.6 is 11.3 Å². The largest absolute Gasteiger partial charge is 0.456 e. The van der Waals surface area contributed by atoms with Gasteiger partial charge in [0.15, 0.2) is 5.82 Å². The molecular weight excluding hydrogens is 557 g/mol. The second-order valence-electron chi connectivity index (χ2n) is 11.0. The average molecular weight is 581 g/mol. The molecule has 0 N–H and O–H groups in total. The summed E-state index contributed by atoms with van der Waals surface area (Å²) in [6.45, 7) is 0. The van der Waals surface area contributed by atoms with Crippen LogP contribution in [0, 0.1) is 0 Å². The summed E-state index contributed by atoms with van der Waals surface area (Å²) < 4.78 is 8.55. The predicted molar refractivity (Wildman–Crippen MR) is 184 cm³/mol. The van der Waals surface area contributed by atoms with E-state index in [1.165, 1.54) is 27.0 Å². The van der Waals surface area contributed by atoms with Gasteiger partial charge in [-0.15, -0.1) is 11.3 Å². The first-order valence-corrected chi connectivity index (χ1v) is 15.5. The van der Waals surface area contributed by atoms with E-state index in [2.05, 4.69) is 127 Å². The molecule has 3 aromatic heterocycles. The molecule has 0 aliphatic carbocycles. The van der Waals surface area contributed by atoms with Crippen LogP contribution < -0.4 is 0 Å². The molecule has 44 heavy (non-hydrogen) atoms. The van der Waals surface area contributed by atoms with Crippen molar-refractivity contribution in [3.63, 3.8) is 0 Å². The van der Waals surface area contributed by atoms with Crippen LogP contribution in [0.3, 0.4) is 0 Å². The highest BCUT2D eigenvalue weighted by molar-refractivity contribution is 7.26. The number of hydrogen-bond donors (Lipinski definition) is 0. The summed E-state index contributed by atoms with van der Waals surface area (Å²) in [5.41, 5.74) is 10.4. The van der Waals surface area contributed by atoms with E-state index in [0.29, 0.717) is 5.82 Å². The van der Waals surface area contributed by atoms with E-state index in [-0.39, 0.29) is 0 Å². The maximum atomic E-state index is 6.28. The van der Waals surface area contributed by atoms with Crippen LogP contribution in [0.1, 0.15) is 0 Å². The molecule has 206 valence electrons. The van der Waals surface area contributed by atoms with Gasteiger partial charge in [-0.3, -0.25) is 0 Å². The third-order valence-corrected chi connectivity index (χ3v) is 9.47. The molecular formula is C40H24N2OS. The van der Waals surface area contributed by atoms with Crippen molar-refractivity contribution in [3.8, 4) is 44.9 Å². The van der Waals surface area contributed by atoms with Gasteiger partial charge in [0.1, 0.15) is 11.2 Å². The summed E-state index contributed by atoms with van der Waals surface area (Å²) in [6.07, 6.45) is 0. The minimum Gasteiger partial charge on any atom is -0.456 e. The zero-order valence-corrected chi connectivity index (χ0v) is 24.4. The van der Waals surface area contributed by atoms with Crippen molar-refractivity contribution in [2.75, 3.05) is 0 Å². The summed E-state index contributed by atoms with van der Waals surface area (Å²) in [6, 6.07) is 50.8. The van der Waals surface area contributed by atoms with Crippen LogP contribution in [-0.4, -0.2) is 9.97 Å². The van der Waals surface area contributed by atoms with Crippen molar-refractivity contribution in [3.05, 3.63) is 146 Å². The molecule has 0 radical (unpaired) electrons. The molecule has 0 unspecified atom stereocenters. The van der Waals surface area contributed by atoms with E-state index in [1.807, 2.05) is 18.2 Å². The smallest absolute Gasteiger partial charge is 0.160 e. The van der Waals surface area contributed by atoms with Crippen molar-refractivity contribution >= 4 is 53.6 Å². The Bertz CT molecular complexity index is 2480. The van der Waals surface area contributed by atoms with E-state index in [1.54, 1.807) is 11.3 Å². The topological polar surface area (TPSA) is 38.9 Å². The lowest BCUT2D eigenvalue weighted by atomic mass is 10.0. The molecule has 0 saturated heterocycles. The normalized spacial score (nSPS) is 11.6. The molecule has 0 saturated carbocycles. The third kappa shape index (κ3) is 4.11. The minimum atomic E-state index is 0.712. The molecule has 0 aliphatic rings. The van der Waals surface area contributed by atoms with Gasteiger partial charge >= 0.3 is 0 Å². The minimum absolute atomic E-state index is 0.712. The van der Waals surface area contributed by atoms with Crippen molar-refractivity contribution in [1.29, 1.82) is 0 Å². The Morgan fingerprint density at radius 1 is 0.432 bits per heavy atom. The first-order chi connectivity index (χ1) is 21.8. The molecule has 9 rings (SSSR count). The fourth-order valence-electron chi connectivity index (χ4n) is 6.09. The molecule has 0 bridgehead atoms. The number of thiophene rings is 1. The quantitative estimate of drug-likeness (QED) is 0.208. The molecule has 3 heterocycles. The third-order valence-electron chi connectivity index (χ3n) is 8.32. The molecule has 9 aromatic rings. The molecule has 3 nitrogen and oxygen atoms in total. The van der Waals surface area contributed by atoms with E-state index in [4.69, 9.17) is 14.4 Å². The molecule has 0 aliphatic heterocycles. The van der Waals surface area contributed by atoms with Crippen LogP contribution in [0.25, 0.3) is 87.1 Å². The number of hydrogen-bond acceptors (Lipinski definition) is 4. The lowest BCUT2D eigenvalue weighted by Gasteiger charge is -2.08. The average Bonchev–Trinajstić information content (AvgIpc) is 3.66. The van der Waals surface area contributed by atoms with Gasteiger partial charge in [-0.05, 0) is 46.5 Å². The number of benzene rings is 6. The Balaban J connectivity index is 1.26. The molecule has 0 amide bonds. The summed E-state index contributed by atoms with van der Waals surface area (Å²) in [5.74, 6) is 0.712. The van der Waals surface area contributed by atoms with E-state index in [9.17, 15) is 0 Å². The number of rotatable bonds is 4. The Morgan fingerprint density at radius 2 is 1.02 bits per heavy atom. The van der Waals surface area contributed by atoms with Gasteiger partial charge in [0.2, 0.25) is 0 Å². The first kappa shape index (κ1) is 25.0. The van der Waals surface area contributed by atoms with Crippen molar-refractivity contribution in [2.24, 2.45) is 0 Å². The fourth-order valence-corrected chi connectivity index (χ4v) is 7.29. The van der Waals surface area contributed by atoms with Crippen molar-refractivity contribution in [1.82, 2.24) is 9.97 Å². The molecule has 0 atom stereocenters. The van der Waals surface area contributed by atoms with Crippen LogP contribution in [0.5, 0.6) is 0 Å². The second-order valence-corrected chi connectivity index (χ2v) is 12.1. The lowest BCUT2D eigenvalue weighted by Crippen LogP contribution is -1.93. The van der Waals surface area contributed by atoms with Crippen molar-refractivity contribution in [2.45, 2.75) is 0 Å². The van der Waals surface area contributed by atoms with Crippen molar-refractivity contribution < 1.29 is 4.42 Å². The van der Waals surface area contributed by atoms with Crippen LogP contribution in [-0.2, 0) is 0 Å². The van der Waals surface area contributed by atoms with E-state index >= 15 is 0 Å². The summed E-state index contributed by atoms with van der Waals surface area (Å²) in [7, 11) is 0. The van der Waals surface area contributed by atoms with Crippen LogP contribution in [0.2, 0.25) is 0 Å². The van der Waals surface area contributed by atoms with E-state index < -0.39 is 0 Å². The fraction of sp³-hybridized carbons (Fsp3) is 0. The van der Waals surface area contributed by atoms with Gasteiger partial charge in [0.05, 0.1) is 15.9 Å². The van der Waals surface area contributed by atoms with Gasteiger partial charge < -0.3 is 4.42 Å². The first-order valence-electron chi connectivity index (χ1n) is 14.7. The Labute approximate surface area is 257 Å². The van der Waals surface area contributed by atoms with Crippen LogP contribution in [0.15, 0.2) is 150 Å². The van der Waals surface area contributed by atoms with Gasteiger partial charge in [0, 0.05) is 32.0 Å². The van der Waals surface area contributed by atoms with Crippen LogP contribution in [0.4, 0.5) is 0 Å². The van der Waals surface area contributed by atoms with Gasteiger partial charge in [-0.1, -0.05) is 121 Å². The van der Waals surface area contributed by atoms with Gasteiger partial charge in [0.25, 0.3) is 0 Å². The number of para-hydroxylation sites is 1. The second kappa shape index (κ2) is 10.0. The molecule has 0 fully saturated rings. The van der Waals surface area contributed by atoms with E-state index in [0.717, 1.165) is 54.4 Å². The highest BCUT2D eigenvalue weighted by atomic mass is 32.1. The van der Waals surface area contributed by atoms with Gasteiger partial charge in [-0.2, -0.15) is 0 Å². The Hall–Kier alpha value is -5.58. The zero-order chi connectivity index (χ0) is 29.0. The SMILES string of the molecule is c1ccc(-c2ccc(-c3nc(-c4ccc5c(c4)oc4ccccc45)c4sc5cc(-c6ccccc6)ccc5c4n3)cc2)cc1. The zero-order valence-electron chi connectivity index (χ0n) is 23.6. The Morgan fingerprint density at radius 3 is 1.82 bits per heavy atom. The summed E-state index contributed by atoms with van der Waals surface area (Å²) in [4.78, 5) is 10.4. The monoisotopic (exact) mass is 580 g/mol. The summed E-state index contributed by atoms with van der Waals surface area (Å²) >= 11 is 1.75. The van der Waals surface area contributed by atoms with Gasteiger partial charge in [-0.25, -0.2) is 9.97 Å². The standard InChI is InChI=1S/C40H24N2OS/c1-3-9-25(10-4-1)27-15-17-28(18-16-27)40-41-37(30-20-21-32-31-13-7-8-14-34(31)43-35(32)23-30)39-38(42-40)33-22-19-29(24-36(33)44-39)26-11-5-2-6-12-26/h1-24H. The number of aromatic nitrogens is 2. The Kier molecular flexibility index (Phi) is 5.68. The maximum absolute atomic E-state index is 6.28. The number of furan rings is 1. The number of fused-ring (bicyclic) bond motifs is 6. The molecule has 0 spiro atoms. The molecule has 6 aromatic carbocycles. The highest BCUT2D eigenvalue weighted by Gasteiger charge is 2.18. The molecule has 4 heteroatoms. The summed E-state index contributed by atoms with van der Waals surface area (Å²) in [5, 5.41) is 3.37. The maximum Gasteiger partial charge on any atom is 0.160 e.